The van der Waals surface area contributed by atoms with Gasteiger partial charge in [-0.2, -0.15) is 0 Å². The lowest BCUT2D eigenvalue weighted by Crippen LogP contribution is -1.99. The number of hydrogen-bond donors (Lipinski definition) is 2. The van der Waals surface area contributed by atoms with E-state index in [0.717, 1.165) is 32.1 Å². The molecule has 0 heterocycles. The Kier molecular flexibility index (Phi) is 14.8. The van der Waals surface area contributed by atoms with Gasteiger partial charge in [-0.15, -0.1) is 0 Å². The van der Waals surface area contributed by atoms with Crippen LogP contribution in [-0.2, 0) is 9.59 Å². The quantitative estimate of drug-likeness (QED) is 0.421. The van der Waals surface area contributed by atoms with Crippen molar-refractivity contribution < 1.29 is 19.8 Å². The minimum absolute atomic E-state index is 0.113. The van der Waals surface area contributed by atoms with Gasteiger partial charge in [-0.25, -0.2) is 0 Å². The van der Waals surface area contributed by atoms with Crippen LogP contribution in [-0.4, -0.2) is 28.6 Å². The van der Waals surface area contributed by atoms with E-state index in [1.54, 1.807) is 0 Å². The predicted octanol–water partition coefficient (Wildman–Crippen LogP) is 4.09. The first-order valence-electron chi connectivity index (χ1n) is 8.51. The first-order chi connectivity index (χ1) is 10.2. The summed E-state index contributed by atoms with van der Waals surface area (Å²) >= 11 is 0. The highest BCUT2D eigenvalue weighted by Gasteiger charge is 2.01. The van der Waals surface area contributed by atoms with Gasteiger partial charge in [-0.05, 0) is 19.3 Å². The molecule has 0 fully saturated rings. The van der Waals surface area contributed by atoms with Crippen LogP contribution in [0.25, 0.3) is 0 Å². The van der Waals surface area contributed by atoms with Crippen molar-refractivity contribution in [3.8, 4) is 0 Å². The molecule has 0 saturated heterocycles. The Morgan fingerprint density at radius 3 is 1.38 bits per heavy atom. The molecule has 0 unspecified atom stereocenters. The first kappa shape index (κ1) is 20.1. The molecule has 0 aliphatic heterocycles. The largest absolute Gasteiger partial charge is 0.481 e. The zero-order valence-electron chi connectivity index (χ0n) is 13.3. The van der Waals surface area contributed by atoms with Crippen LogP contribution in [0.3, 0.4) is 0 Å². The zero-order valence-corrected chi connectivity index (χ0v) is 13.3. The van der Waals surface area contributed by atoms with Crippen molar-refractivity contribution >= 4 is 11.8 Å². The third-order valence-corrected chi connectivity index (χ3v) is 3.71. The molecule has 0 saturated carbocycles. The molecule has 0 aromatic carbocycles. The second-order valence-electron chi connectivity index (χ2n) is 5.80. The summed E-state index contributed by atoms with van der Waals surface area (Å²) in [5, 5.41) is 17.1. The molecule has 0 bridgehead atoms. The topological polar surface area (TPSA) is 74.6 Å². The van der Waals surface area contributed by atoms with Gasteiger partial charge in [0.05, 0.1) is 0 Å². The number of aliphatic hydroxyl groups is 1. The third kappa shape index (κ3) is 17.0. The summed E-state index contributed by atoms with van der Waals surface area (Å²) in [6.07, 6.45) is 13.3. The lowest BCUT2D eigenvalue weighted by Gasteiger charge is -2.02. The number of aliphatic hydroxyl groups excluding tert-OH is 1. The van der Waals surface area contributed by atoms with Crippen molar-refractivity contribution in [3.63, 3.8) is 0 Å². The van der Waals surface area contributed by atoms with Gasteiger partial charge in [0.1, 0.15) is 5.78 Å². The zero-order chi connectivity index (χ0) is 15.8. The van der Waals surface area contributed by atoms with Crippen molar-refractivity contribution in [1.82, 2.24) is 0 Å². The van der Waals surface area contributed by atoms with Gasteiger partial charge in [0.15, 0.2) is 0 Å². The number of carbonyl (C=O) groups excluding carboxylic acids is 1. The minimum Gasteiger partial charge on any atom is -0.481 e. The maximum absolute atomic E-state index is 11.4. The molecule has 0 atom stereocenters. The number of hydrogen-bond acceptors (Lipinski definition) is 3. The number of ketones is 1. The van der Waals surface area contributed by atoms with Crippen LogP contribution in [0.15, 0.2) is 0 Å². The van der Waals surface area contributed by atoms with Gasteiger partial charge < -0.3 is 10.2 Å². The van der Waals surface area contributed by atoms with Crippen LogP contribution in [0.4, 0.5) is 0 Å². The molecular weight excluding hydrogens is 268 g/mol. The van der Waals surface area contributed by atoms with Gasteiger partial charge in [0.2, 0.25) is 0 Å². The standard InChI is InChI=1S/C17H32O4/c18-15-11-13-16(19)12-9-7-5-3-1-2-4-6-8-10-14-17(20)21/h18H,1-15H2,(H,20,21). The summed E-state index contributed by atoms with van der Waals surface area (Å²) in [6.45, 7) is 0.113. The highest BCUT2D eigenvalue weighted by atomic mass is 16.4. The van der Waals surface area contributed by atoms with Crippen LogP contribution >= 0.6 is 0 Å². The summed E-state index contributed by atoms with van der Waals surface area (Å²) in [5.74, 6) is -0.407. The van der Waals surface area contributed by atoms with Gasteiger partial charge >= 0.3 is 5.97 Å². The van der Waals surface area contributed by atoms with E-state index in [4.69, 9.17) is 10.2 Å². The SMILES string of the molecule is O=C(O)CCCCCCCCCCCCC(=O)CCCO. The lowest BCUT2D eigenvalue weighted by atomic mass is 10.0. The van der Waals surface area contributed by atoms with Crippen LogP contribution < -0.4 is 0 Å². The second-order valence-corrected chi connectivity index (χ2v) is 5.80. The number of unbranched alkanes of at least 4 members (excludes halogenated alkanes) is 9. The Balaban J connectivity index is 3.09. The fourth-order valence-electron chi connectivity index (χ4n) is 2.41. The number of aliphatic carboxylic acids is 1. The van der Waals surface area contributed by atoms with Gasteiger partial charge in [-0.3, -0.25) is 9.59 Å². The fourth-order valence-corrected chi connectivity index (χ4v) is 2.41. The summed E-state index contributed by atoms with van der Waals surface area (Å²) in [4.78, 5) is 21.7. The van der Waals surface area contributed by atoms with Crippen molar-refractivity contribution in [2.45, 2.75) is 89.9 Å². The summed E-state index contributed by atoms with van der Waals surface area (Å²) in [6, 6.07) is 0. The Labute approximate surface area is 128 Å². The van der Waals surface area contributed by atoms with E-state index in [2.05, 4.69) is 0 Å². The molecule has 2 N–H and O–H groups in total. The normalized spacial score (nSPS) is 10.7. The molecule has 0 spiro atoms. The molecule has 0 aromatic heterocycles. The molecule has 4 nitrogen and oxygen atoms in total. The molecular formula is C17H32O4. The molecule has 4 heteroatoms. The highest BCUT2D eigenvalue weighted by Crippen LogP contribution is 2.12. The average Bonchev–Trinajstić information content (AvgIpc) is 2.45. The maximum atomic E-state index is 11.4. The van der Waals surface area contributed by atoms with Crippen molar-refractivity contribution in [3.05, 3.63) is 0 Å². The summed E-state index contributed by atoms with van der Waals surface area (Å²) in [5.41, 5.74) is 0. The minimum atomic E-state index is -0.690. The molecule has 0 aliphatic rings. The average molecular weight is 300 g/mol. The number of carboxylic acids is 1. The molecule has 124 valence electrons. The van der Waals surface area contributed by atoms with E-state index in [-0.39, 0.29) is 12.4 Å². The molecule has 0 aliphatic carbocycles. The van der Waals surface area contributed by atoms with Crippen LogP contribution in [0, 0.1) is 0 Å². The van der Waals surface area contributed by atoms with E-state index < -0.39 is 5.97 Å². The van der Waals surface area contributed by atoms with Crippen molar-refractivity contribution in [2.24, 2.45) is 0 Å². The number of rotatable bonds is 16. The molecule has 21 heavy (non-hydrogen) atoms. The Morgan fingerprint density at radius 1 is 0.571 bits per heavy atom. The lowest BCUT2D eigenvalue weighted by molar-refractivity contribution is -0.137. The molecule has 0 aromatic rings. The smallest absolute Gasteiger partial charge is 0.303 e. The van der Waals surface area contributed by atoms with Crippen LogP contribution in [0.2, 0.25) is 0 Å². The maximum Gasteiger partial charge on any atom is 0.303 e. The monoisotopic (exact) mass is 300 g/mol. The van der Waals surface area contributed by atoms with E-state index in [0.29, 0.717) is 25.7 Å². The van der Waals surface area contributed by atoms with Crippen LogP contribution in [0.1, 0.15) is 89.9 Å². The van der Waals surface area contributed by atoms with Crippen molar-refractivity contribution in [1.29, 1.82) is 0 Å². The number of Topliss-reactive ketones (excluding diaryl/α,β-unsaturated/α-hetero) is 1. The third-order valence-electron chi connectivity index (χ3n) is 3.71. The van der Waals surface area contributed by atoms with E-state index in [1.807, 2.05) is 0 Å². The fraction of sp³-hybridized carbons (Fsp3) is 0.882. The Morgan fingerprint density at radius 2 is 0.952 bits per heavy atom. The van der Waals surface area contributed by atoms with E-state index in [9.17, 15) is 9.59 Å². The van der Waals surface area contributed by atoms with Gasteiger partial charge in [0, 0.05) is 25.9 Å². The molecule has 0 amide bonds. The molecule has 0 radical (unpaired) electrons. The molecule has 0 rings (SSSR count). The van der Waals surface area contributed by atoms with Gasteiger partial charge in [-0.1, -0.05) is 51.4 Å². The highest BCUT2D eigenvalue weighted by molar-refractivity contribution is 5.78. The van der Waals surface area contributed by atoms with Crippen LogP contribution in [0.5, 0.6) is 0 Å². The first-order valence-corrected chi connectivity index (χ1v) is 8.51. The van der Waals surface area contributed by atoms with Crippen molar-refractivity contribution in [2.75, 3.05) is 6.61 Å². The Bertz CT molecular complexity index is 264. The summed E-state index contributed by atoms with van der Waals surface area (Å²) in [7, 11) is 0. The Hall–Kier alpha value is -0.900. The van der Waals surface area contributed by atoms with E-state index in [1.165, 1.54) is 32.1 Å². The predicted molar refractivity (Wildman–Crippen MR) is 84.4 cm³/mol. The summed E-state index contributed by atoms with van der Waals surface area (Å²) < 4.78 is 0. The number of carbonyl (C=O) groups is 2. The number of carboxylic acid groups (broad SMARTS) is 1. The van der Waals surface area contributed by atoms with E-state index >= 15 is 0 Å². The van der Waals surface area contributed by atoms with Gasteiger partial charge in [0.25, 0.3) is 0 Å². The second kappa shape index (κ2) is 15.5.